The van der Waals surface area contributed by atoms with Crippen molar-refractivity contribution in [3.63, 3.8) is 0 Å². The summed E-state index contributed by atoms with van der Waals surface area (Å²) in [6.45, 7) is 0. The summed E-state index contributed by atoms with van der Waals surface area (Å²) >= 11 is 5.65. The van der Waals surface area contributed by atoms with Crippen molar-refractivity contribution >= 4 is 23.2 Å². The summed E-state index contributed by atoms with van der Waals surface area (Å²) in [7, 11) is 1.54. The number of anilines is 1. The van der Waals surface area contributed by atoms with Crippen LogP contribution in [0.15, 0.2) is 23.2 Å². The van der Waals surface area contributed by atoms with Gasteiger partial charge in [-0.25, -0.2) is 10.2 Å². The summed E-state index contributed by atoms with van der Waals surface area (Å²) in [5.41, 5.74) is 2.79. The van der Waals surface area contributed by atoms with E-state index in [0.29, 0.717) is 16.7 Å². The minimum absolute atomic E-state index is 0.306. The van der Waals surface area contributed by atoms with Crippen LogP contribution in [0.1, 0.15) is 0 Å². The van der Waals surface area contributed by atoms with Gasteiger partial charge in [0.05, 0.1) is 0 Å². The van der Waals surface area contributed by atoms with Gasteiger partial charge in [0.15, 0.2) is 0 Å². The summed E-state index contributed by atoms with van der Waals surface area (Å²) in [4.78, 5) is 3.77. The van der Waals surface area contributed by atoms with Crippen LogP contribution in [0.4, 0.5) is 10.1 Å². The van der Waals surface area contributed by atoms with Crippen molar-refractivity contribution in [2.45, 2.75) is 0 Å². The van der Waals surface area contributed by atoms with E-state index in [4.69, 9.17) is 17.4 Å². The standard InChI is InChI=1S/C8H10ClFN4/c1-12-8(14-11)13-7-3-5(9)2-6(10)4-7/h2-4H,11H2,1H3,(H2,12,13,14). The third-order valence-corrected chi connectivity index (χ3v) is 1.70. The van der Waals surface area contributed by atoms with Crippen LogP contribution in [0.25, 0.3) is 0 Å². The molecule has 0 aromatic heterocycles. The van der Waals surface area contributed by atoms with Crippen molar-refractivity contribution in [2.75, 3.05) is 12.4 Å². The number of rotatable bonds is 1. The molecule has 0 saturated carbocycles. The van der Waals surface area contributed by atoms with E-state index in [1.54, 1.807) is 13.1 Å². The molecule has 0 fully saturated rings. The molecule has 0 heterocycles. The molecule has 0 aliphatic rings. The minimum Gasteiger partial charge on any atom is -0.325 e. The monoisotopic (exact) mass is 216 g/mol. The van der Waals surface area contributed by atoms with E-state index in [1.165, 1.54) is 12.1 Å². The highest BCUT2D eigenvalue weighted by Crippen LogP contribution is 2.17. The first-order chi connectivity index (χ1) is 6.65. The molecule has 0 atom stereocenters. The van der Waals surface area contributed by atoms with E-state index >= 15 is 0 Å². The summed E-state index contributed by atoms with van der Waals surface area (Å²) in [6.07, 6.45) is 0. The first kappa shape index (κ1) is 10.7. The van der Waals surface area contributed by atoms with Gasteiger partial charge >= 0.3 is 0 Å². The normalized spacial score (nSPS) is 11.3. The van der Waals surface area contributed by atoms with Gasteiger partial charge in [0.25, 0.3) is 0 Å². The lowest BCUT2D eigenvalue weighted by Gasteiger charge is -2.08. The number of hydrogen-bond acceptors (Lipinski definition) is 2. The molecular weight excluding hydrogens is 207 g/mol. The van der Waals surface area contributed by atoms with Crippen molar-refractivity contribution in [1.82, 2.24) is 5.43 Å². The van der Waals surface area contributed by atoms with Crippen molar-refractivity contribution in [1.29, 1.82) is 0 Å². The second-order valence-corrected chi connectivity index (χ2v) is 2.94. The van der Waals surface area contributed by atoms with E-state index < -0.39 is 5.82 Å². The predicted octanol–water partition coefficient (Wildman–Crippen LogP) is 1.34. The van der Waals surface area contributed by atoms with E-state index in [-0.39, 0.29) is 0 Å². The number of hydrazine groups is 1. The van der Waals surface area contributed by atoms with Crippen molar-refractivity contribution in [3.8, 4) is 0 Å². The summed E-state index contributed by atoms with van der Waals surface area (Å²) in [6, 6.07) is 4.06. The van der Waals surface area contributed by atoms with E-state index in [2.05, 4.69) is 15.7 Å². The molecule has 1 rings (SSSR count). The molecule has 0 unspecified atom stereocenters. The topological polar surface area (TPSA) is 62.4 Å². The number of nitrogens with zero attached hydrogens (tertiary/aromatic N) is 1. The first-order valence-electron chi connectivity index (χ1n) is 3.82. The molecular formula is C8H10ClFN4. The van der Waals surface area contributed by atoms with Crippen molar-refractivity contribution in [2.24, 2.45) is 10.8 Å². The molecule has 0 spiro atoms. The molecule has 14 heavy (non-hydrogen) atoms. The van der Waals surface area contributed by atoms with Crippen LogP contribution < -0.4 is 16.6 Å². The van der Waals surface area contributed by atoms with Crippen LogP contribution in [0.3, 0.4) is 0 Å². The van der Waals surface area contributed by atoms with Gasteiger partial charge in [0.1, 0.15) is 5.82 Å². The Morgan fingerprint density at radius 2 is 2.21 bits per heavy atom. The maximum atomic E-state index is 12.9. The third-order valence-electron chi connectivity index (χ3n) is 1.49. The summed E-state index contributed by atoms with van der Waals surface area (Å²) in [5, 5.41) is 3.05. The molecule has 4 N–H and O–H groups in total. The van der Waals surface area contributed by atoms with Crippen molar-refractivity contribution in [3.05, 3.63) is 29.0 Å². The Bertz CT molecular complexity index is 333. The highest BCUT2D eigenvalue weighted by molar-refractivity contribution is 6.30. The van der Waals surface area contributed by atoms with Gasteiger partial charge in [0, 0.05) is 17.8 Å². The molecule has 76 valence electrons. The summed E-state index contributed by atoms with van der Waals surface area (Å²) < 4.78 is 12.9. The average Bonchev–Trinajstić information content (AvgIpc) is 2.12. The Balaban J connectivity index is 2.86. The van der Waals surface area contributed by atoms with Gasteiger partial charge in [0.2, 0.25) is 5.96 Å². The molecule has 0 aliphatic heterocycles. The highest BCUT2D eigenvalue weighted by atomic mass is 35.5. The summed E-state index contributed by atoms with van der Waals surface area (Å²) in [5.74, 6) is 5.04. The Labute approximate surface area is 85.9 Å². The molecule has 4 nitrogen and oxygen atoms in total. The number of benzene rings is 1. The number of hydrogen-bond donors (Lipinski definition) is 3. The zero-order valence-corrected chi connectivity index (χ0v) is 8.27. The van der Waals surface area contributed by atoms with E-state index in [9.17, 15) is 4.39 Å². The van der Waals surface area contributed by atoms with Gasteiger partial charge in [-0.05, 0) is 18.2 Å². The maximum absolute atomic E-state index is 12.9. The minimum atomic E-state index is -0.424. The average molecular weight is 217 g/mol. The molecule has 1 aromatic carbocycles. The molecule has 1 aromatic rings. The first-order valence-corrected chi connectivity index (χ1v) is 4.20. The fourth-order valence-electron chi connectivity index (χ4n) is 0.919. The third kappa shape index (κ3) is 2.86. The highest BCUT2D eigenvalue weighted by Gasteiger charge is 2.00. The molecule has 0 bridgehead atoms. The van der Waals surface area contributed by atoms with E-state index in [1.807, 2.05) is 0 Å². The Kier molecular flexibility index (Phi) is 3.67. The zero-order valence-electron chi connectivity index (χ0n) is 7.51. The Morgan fingerprint density at radius 3 is 2.71 bits per heavy atom. The molecule has 0 amide bonds. The number of halogens is 2. The lowest BCUT2D eigenvalue weighted by atomic mass is 10.3. The second-order valence-electron chi connectivity index (χ2n) is 2.50. The van der Waals surface area contributed by atoms with Gasteiger partial charge in [-0.3, -0.25) is 10.4 Å². The van der Waals surface area contributed by atoms with Crippen LogP contribution in [0.5, 0.6) is 0 Å². The van der Waals surface area contributed by atoms with Crippen LogP contribution in [0.2, 0.25) is 5.02 Å². The fourth-order valence-corrected chi connectivity index (χ4v) is 1.14. The number of guanidine groups is 1. The molecule has 0 saturated heterocycles. The lowest BCUT2D eigenvalue weighted by Crippen LogP contribution is -2.36. The van der Waals surface area contributed by atoms with Gasteiger partial charge in [-0.1, -0.05) is 11.6 Å². The number of aliphatic imine (C=N–C) groups is 1. The van der Waals surface area contributed by atoms with Crippen LogP contribution >= 0.6 is 11.6 Å². The Morgan fingerprint density at radius 1 is 1.50 bits per heavy atom. The predicted molar refractivity (Wildman–Crippen MR) is 55.7 cm³/mol. The number of nitrogens with two attached hydrogens (primary N) is 1. The lowest BCUT2D eigenvalue weighted by molar-refractivity contribution is 0.628. The quantitative estimate of drug-likeness (QED) is 0.287. The Hall–Kier alpha value is -1.33. The largest absolute Gasteiger partial charge is 0.325 e. The fraction of sp³-hybridized carbons (Fsp3) is 0.125. The van der Waals surface area contributed by atoms with Gasteiger partial charge < -0.3 is 5.32 Å². The van der Waals surface area contributed by atoms with Crippen LogP contribution in [-0.4, -0.2) is 13.0 Å². The van der Waals surface area contributed by atoms with Crippen molar-refractivity contribution < 1.29 is 4.39 Å². The van der Waals surface area contributed by atoms with Gasteiger partial charge in [-0.2, -0.15) is 0 Å². The second kappa shape index (κ2) is 4.78. The van der Waals surface area contributed by atoms with Crippen LogP contribution in [0, 0.1) is 5.82 Å². The molecule has 6 heteroatoms. The maximum Gasteiger partial charge on any atom is 0.209 e. The van der Waals surface area contributed by atoms with Gasteiger partial charge in [-0.15, -0.1) is 0 Å². The smallest absolute Gasteiger partial charge is 0.209 e. The number of nitrogens with one attached hydrogen (secondary N) is 2. The van der Waals surface area contributed by atoms with Crippen LogP contribution in [-0.2, 0) is 0 Å². The zero-order chi connectivity index (χ0) is 10.6. The SMILES string of the molecule is CN=C(NN)Nc1cc(F)cc(Cl)c1. The molecule has 0 radical (unpaired) electrons. The molecule has 0 aliphatic carbocycles. The van der Waals surface area contributed by atoms with E-state index in [0.717, 1.165) is 0 Å².